The second kappa shape index (κ2) is 5.83. The van der Waals surface area contributed by atoms with E-state index in [9.17, 15) is 4.79 Å². The van der Waals surface area contributed by atoms with Crippen LogP contribution in [0.25, 0.3) is 0 Å². The van der Waals surface area contributed by atoms with Crippen molar-refractivity contribution in [2.45, 2.75) is 50.6 Å². The Morgan fingerprint density at radius 1 is 1.29 bits per heavy atom. The summed E-state index contributed by atoms with van der Waals surface area (Å²) in [5.41, 5.74) is 0. The second-order valence-electron chi connectivity index (χ2n) is 5.33. The van der Waals surface area contributed by atoms with Gasteiger partial charge in [0.1, 0.15) is 0 Å². The molecule has 0 spiro atoms. The van der Waals surface area contributed by atoms with E-state index in [-0.39, 0.29) is 5.92 Å². The molecule has 1 saturated heterocycles. The molecule has 1 heterocycles. The lowest BCUT2D eigenvalue weighted by Crippen LogP contribution is -2.43. The number of ether oxygens (including phenoxy) is 1. The van der Waals surface area contributed by atoms with E-state index in [1.165, 1.54) is 12.8 Å². The van der Waals surface area contributed by atoms with Crippen molar-refractivity contribution in [2.24, 2.45) is 5.92 Å². The average molecular weight is 241 g/mol. The molecule has 17 heavy (non-hydrogen) atoms. The first-order chi connectivity index (χ1) is 8.22. The first-order valence-electron chi connectivity index (χ1n) is 6.70. The number of methoxy groups -OCH3 is 1. The van der Waals surface area contributed by atoms with Crippen molar-refractivity contribution in [1.29, 1.82) is 0 Å². The van der Waals surface area contributed by atoms with Crippen molar-refractivity contribution in [3.05, 3.63) is 0 Å². The first-order valence-corrected chi connectivity index (χ1v) is 6.70. The largest absolute Gasteiger partial charge is 0.481 e. The van der Waals surface area contributed by atoms with E-state index < -0.39 is 5.97 Å². The molecular formula is C13H23NO3. The Morgan fingerprint density at radius 3 is 2.59 bits per heavy atom. The Balaban J connectivity index is 1.85. The Labute approximate surface area is 103 Å². The van der Waals surface area contributed by atoms with Gasteiger partial charge in [-0.25, -0.2) is 0 Å². The maximum atomic E-state index is 10.9. The van der Waals surface area contributed by atoms with Gasteiger partial charge in [0, 0.05) is 19.2 Å². The van der Waals surface area contributed by atoms with Gasteiger partial charge in [0.15, 0.2) is 0 Å². The third kappa shape index (κ3) is 2.99. The van der Waals surface area contributed by atoms with Crippen molar-refractivity contribution in [3.8, 4) is 0 Å². The molecule has 1 saturated carbocycles. The van der Waals surface area contributed by atoms with Gasteiger partial charge >= 0.3 is 5.97 Å². The average Bonchev–Trinajstić information content (AvgIpc) is 2.78. The number of rotatable bonds is 4. The molecule has 0 aromatic carbocycles. The summed E-state index contributed by atoms with van der Waals surface area (Å²) in [6.45, 7) is 1.98. The predicted molar refractivity (Wildman–Crippen MR) is 65.0 cm³/mol. The van der Waals surface area contributed by atoms with Gasteiger partial charge in [0.05, 0.1) is 12.5 Å². The fourth-order valence-corrected chi connectivity index (χ4v) is 3.36. The van der Waals surface area contributed by atoms with Crippen LogP contribution in [0.3, 0.4) is 0 Å². The molecule has 1 unspecified atom stereocenters. The van der Waals surface area contributed by atoms with E-state index in [1.807, 2.05) is 0 Å². The summed E-state index contributed by atoms with van der Waals surface area (Å²) in [6, 6.07) is 1.15. The molecule has 0 amide bonds. The number of aliphatic carboxylic acids is 1. The Hall–Kier alpha value is -0.610. The Kier molecular flexibility index (Phi) is 4.40. The molecule has 1 atom stereocenters. The third-order valence-corrected chi connectivity index (χ3v) is 4.30. The maximum Gasteiger partial charge on any atom is 0.306 e. The monoisotopic (exact) mass is 241 g/mol. The number of likely N-dealkylation sites (tertiary alicyclic amines) is 1. The topological polar surface area (TPSA) is 49.8 Å². The van der Waals surface area contributed by atoms with Crippen LogP contribution in [0.2, 0.25) is 0 Å². The lowest BCUT2D eigenvalue weighted by Gasteiger charge is -2.36. The molecule has 0 bridgehead atoms. The highest BCUT2D eigenvalue weighted by atomic mass is 16.5. The van der Waals surface area contributed by atoms with E-state index in [4.69, 9.17) is 9.84 Å². The molecule has 2 aliphatic rings. The quantitative estimate of drug-likeness (QED) is 0.814. The van der Waals surface area contributed by atoms with Crippen molar-refractivity contribution < 1.29 is 14.6 Å². The number of carboxylic acids is 1. The molecule has 2 rings (SSSR count). The summed E-state index contributed by atoms with van der Waals surface area (Å²) in [7, 11) is 1.76. The fraction of sp³-hybridized carbons (Fsp3) is 0.923. The van der Waals surface area contributed by atoms with Crippen molar-refractivity contribution in [1.82, 2.24) is 4.90 Å². The van der Waals surface area contributed by atoms with Crippen LogP contribution in [-0.4, -0.2) is 48.3 Å². The highest BCUT2D eigenvalue weighted by molar-refractivity contribution is 5.70. The summed E-state index contributed by atoms with van der Waals surface area (Å²) in [6.07, 6.45) is 6.25. The van der Waals surface area contributed by atoms with Crippen molar-refractivity contribution in [3.63, 3.8) is 0 Å². The molecule has 1 N–H and O–H groups in total. The van der Waals surface area contributed by atoms with Crippen LogP contribution >= 0.6 is 0 Å². The summed E-state index contributed by atoms with van der Waals surface area (Å²) in [5.74, 6) is -0.715. The van der Waals surface area contributed by atoms with E-state index >= 15 is 0 Å². The first kappa shape index (κ1) is 12.8. The molecule has 4 nitrogen and oxygen atoms in total. The molecule has 98 valence electrons. The number of carbonyl (C=O) groups is 1. The van der Waals surface area contributed by atoms with E-state index in [2.05, 4.69) is 4.90 Å². The van der Waals surface area contributed by atoms with Gasteiger partial charge in [-0.2, -0.15) is 0 Å². The molecule has 0 aromatic rings. The van der Waals surface area contributed by atoms with Crippen molar-refractivity contribution >= 4 is 5.97 Å². The van der Waals surface area contributed by atoms with Crippen LogP contribution in [0.5, 0.6) is 0 Å². The molecule has 1 aliphatic carbocycles. The lowest BCUT2D eigenvalue weighted by molar-refractivity contribution is -0.143. The number of hydrogen-bond donors (Lipinski definition) is 1. The zero-order valence-electron chi connectivity index (χ0n) is 10.6. The number of hydrogen-bond acceptors (Lipinski definition) is 3. The van der Waals surface area contributed by atoms with Gasteiger partial charge in [-0.15, -0.1) is 0 Å². The van der Waals surface area contributed by atoms with Gasteiger partial charge in [-0.3, -0.25) is 9.69 Å². The van der Waals surface area contributed by atoms with Crippen LogP contribution in [0.1, 0.15) is 38.5 Å². The van der Waals surface area contributed by atoms with Crippen LogP contribution in [-0.2, 0) is 9.53 Å². The highest BCUT2D eigenvalue weighted by Gasteiger charge is 2.34. The smallest absolute Gasteiger partial charge is 0.306 e. The summed E-state index contributed by atoms with van der Waals surface area (Å²) < 4.78 is 5.27. The second-order valence-corrected chi connectivity index (χ2v) is 5.33. The summed E-state index contributed by atoms with van der Waals surface area (Å²) in [5, 5.41) is 8.99. The number of carboxylic acid groups (broad SMARTS) is 1. The van der Waals surface area contributed by atoms with Gasteiger partial charge in [0.2, 0.25) is 0 Å². The van der Waals surface area contributed by atoms with Crippen LogP contribution in [0.15, 0.2) is 0 Å². The fourth-order valence-electron chi connectivity index (χ4n) is 3.36. The van der Waals surface area contributed by atoms with Crippen LogP contribution < -0.4 is 0 Å². The minimum Gasteiger partial charge on any atom is -0.481 e. The Bertz CT molecular complexity index is 261. The van der Waals surface area contributed by atoms with Crippen molar-refractivity contribution in [2.75, 3.05) is 20.3 Å². The molecule has 2 fully saturated rings. The Morgan fingerprint density at radius 2 is 2.00 bits per heavy atom. The number of nitrogens with zero attached hydrogens (tertiary/aromatic N) is 1. The van der Waals surface area contributed by atoms with Crippen LogP contribution in [0, 0.1) is 5.92 Å². The maximum absolute atomic E-state index is 10.9. The molecule has 0 radical (unpaired) electrons. The lowest BCUT2D eigenvalue weighted by atomic mass is 9.85. The standard InChI is InChI=1S/C13H23NO3/c1-17-9-12-3-2-8-14(12)11-6-4-10(5-7-11)13(15)16/h10-12H,2-9H2,1H3,(H,15,16). The zero-order chi connectivity index (χ0) is 12.3. The van der Waals surface area contributed by atoms with Crippen LogP contribution in [0.4, 0.5) is 0 Å². The minimum absolute atomic E-state index is 0.102. The minimum atomic E-state index is -0.613. The predicted octanol–water partition coefficient (Wildman–Crippen LogP) is 1.74. The SMILES string of the molecule is COCC1CCCN1C1CCC(C(=O)O)CC1. The van der Waals surface area contributed by atoms with Gasteiger partial charge in [-0.1, -0.05) is 0 Å². The van der Waals surface area contributed by atoms with Gasteiger partial charge < -0.3 is 9.84 Å². The van der Waals surface area contributed by atoms with Gasteiger partial charge in [-0.05, 0) is 45.1 Å². The van der Waals surface area contributed by atoms with E-state index in [0.29, 0.717) is 12.1 Å². The molecule has 1 aliphatic heterocycles. The van der Waals surface area contributed by atoms with Gasteiger partial charge in [0.25, 0.3) is 0 Å². The molecule has 0 aromatic heterocycles. The highest BCUT2D eigenvalue weighted by Crippen LogP contribution is 2.32. The van der Waals surface area contributed by atoms with E-state index in [0.717, 1.165) is 38.8 Å². The van der Waals surface area contributed by atoms with E-state index in [1.54, 1.807) is 7.11 Å². The molecule has 4 heteroatoms. The summed E-state index contributed by atoms with van der Waals surface area (Å²) in [4.78, 5) is 13.5. The third-order valence-electron chi connectivity index (χ3n) is 4.30. The molecular weight excluding hydrogens is 218 g/mol. The normalized spacial score (nSPS) is 35.0. The summed E-state index contributed by atoms with van der Waals surface area (Å²) >= 11 is 0. The zero-order valence-corrected chi connectivity index (χ0v) is 10.6.